The summed E-state index contributed by atoms with van der Waals surface area (Å²) in [5.41, 5.74) is 1.89. The van der Waals surface area contributed by atoms with Crippen LogP contribution in [0.3, 0.4) is 0 Å². The molecular formula is C15H24N6OS. The highest BCUT2D eigenvalue weighted by Crippen LogP contribution is 2.14. The number of likely N-dealkylation sites (N-methyl/N-ethyl adjacent to an activating group) is 1. The standard InChI is InChI=1S/C15H24N6OS/c1-5-20(6-2)8-7-16-13(22)10-23-15-18-14-17-11(3)9-12(4)21(14)19-15/h9H,5-8,10H2,1-4H3,(H,16,22). The predicted octanol–water partition coefficient (Wildman–Crippen LogP) is 1.29. The Hall–Kier alpha value is -1.67. The summed E-state index contributed by atoms with van der Waals surface area (Å²) in [6.07, 6.45) is 0. The number of amides is 1. The first-order valence-corrected chi connectivity index (χ1v) is 8.85. The van der Waals surface area contributed by atoms with Crippen molar-refractivity contribution >= 4 is 23.4 Å². The van der Waals surface area contributed by atoms with Crippen LogP contribution >= 0.6 is 11.8 Å². The topological polar surface area (TPSA) is 75.4 Å². The Morgan fingerprint density at radius 1 is 1.30 bits per heavy atom. The van der Waals surface area contributed by atoms with E-state index in [1.165, 1.54) is 11.8 Å². The van der Waals surface area contributed by atoms with E-state index in [1.54, 1.807) is 4.52 Å². The lowest BCUT2D eigenvalue weighted by Crippen LogP contribution is -2.35. The van der Waals surface area contributed by atoms with Crippen LogP contribution in [0.4, 0.5) is 0 Å². The fourth-order valence-corrected chi connectivity index (χ4v) is 2.93. The molecule has 0 bridgehead atoms. The molecule has 1 amide bonds. The van der Waals surface area contributed by atoms with E-state index < -0.39 is 0 Å². The van der Waals surface area contributed by atoms with E-state index in [1.807, 2.05) is 19.9 Å². The van der Waals surface area contributed by atoms with Gasteiger partial charge in [0.1, 0.15) is 0 Å². The van der Waals surface area contributed by atoms with Gasteiger partial charge in [-0.2, -0.15) is 4.98 Å². The molecule has 8 heteroatoms. The first-order chi connectivity index (χ1) is 11.0. The molecule has 0 radical (unpaired) electrons. The molecule has 23 heavy (non-hydrogen) atoms. The number of carbonyl (C=O) groups excluding carboxylic acids is 1. The maximum atomic E-state index is 11.9. The van der Waals surface area contributed by atoms with Gasteiger partial charge in [0.2, 0.25) is 11.1 Å². The van der Waals surface area contributed by atoms with Crippen LogP contribution in [0.1, 0.15) is 25.2 Å². The third kappa shape index (κ3) is 4.90. The van der Waals surface area contributed by atoms with Crippen molar-refractivity contribution in [3.8, 4) is 0 Å². The smallest absolute Gasteiger partial charge is 0.253 e. The van der Waals surface area contributed by atoms with Gasteiger partial charge < -0.3 is 10.2 Å². The van der Waals surface area contributed by atoms with E-state index in [4.69, 9.17) is 0 Å². The number of fused-ring (bicyclic) bond motifs is 1. The van der Waals surface area contributed by atoms with Crippen molar-refractivity contribution in [2.24, 2.45) is 0 Å². The summed E-state index contributed by atoms with van der Waals surface area (Å²) in [7, 11) is 0. The van der Waals surface area contributed by atoms with Gasteiger partial charge in [-0.05, 0) is 33.0 Å². The van der Waals surface area contributed by atoms with E-state index in [-0.39, 0.29) is 5.91 Å². The highest BCUT2D eigenvalue weighted by atomic mass is 32.2. The average molecular weight is 336 g/mol. The lowest BCUT2D eigenvalue weighted by molar-refractivity contribution is -0.118. The first kappa shape index (κ1) is 17.7. The van der Waals surface area contributed by atoms with Gasteiger partial charge in [0.25, 0.3) is 5.78 Å². The molecule has 0 saturated heterocycles. The zero-order chi connectivity index (χ0) is 16.8. The average Bonchev–Trinajstić information content (AvgIpc) is 2.93. The largest absolute Gasteiger partial charge is 0.354 e. The summed E-state index contributed by atoms with van der Waals surface area (Å²) >= 11 is 1.33. The number of aryl methyl sites for hydroxylation is 2. The summed E-state index contributed by atoms with van der Waals surface area (Å²) < 4.78 is 1.70. The number of thioether (sulfide) groups is 1. The minimum absolute atomic E-state index is 0.00174. The molecule has 0 atom stereocenters. The number of hydrogen-bond donors (Lipinski definition) is 1. The quantitative estimate of drug-likeness (QED) is 0.732. The molecule has 0 aromatic carbocycles. The Balaban J connectivity index is 1.84. The van der Waals surface area contributed by atoms with Crippen molar-refractivity contribution in [1.82, 2.24) is 29.8 Å². The van der Waals surface area contributed by atoms with Crippen molar-refractivity contribution < 1.29 is 4.79 Å². The highest BCUT2D eigenvalue weighted by molar-refractivity contribution is 7.99. The minimum Gasteiger partial charge on any atom is -0.354 e. The summed E-state index contributed by atoms with van der Waals surface area (Å²) in [5, 5.41) is 7.88. The molecule has 0 aliphatic heterocycles. The first-order valence-electron chi connectivity index (χ1n) is 7.86. The molecule has 0 fully saturated rings. The summed E-state index contributed by atoms with van der Waals surface area (Å²) in [6.45, 7) is 11.7. The predicted molar refractivity (Wildman–Crippen MR) is 91.8 cm³/mol. The van der Waals surface area contributed by atoms with Crippen LogP contribution in [0.25, 0.3) is 5.78 Å². The molecule has 2 heterocycles. The van der Waals surface area contributed by atoms with Crippen molar-refractivity contribution in [3.05, 3.63) is 17.5 Å². The molecule has 0 saturated carbocycles. The van der Waals surface area contributed by atoms with Gasteiger partial charge in [-0.25, -0.2) is 9.50 Å². The van der Waals surface area contributed by atoms with Crippen LogP contribution < -0.4 is 5.32 Å². The molecule has 0 aliphatic carbocycles. The molecule has 0 spiro atoms. The van der Waals surface area contributed by atoms with Crippen LogP contribution in [0.15, 0.2) is 11.2 Å². The Bertz CT molecular complexity index is 667. The number of nitrogens with zero attached hydrogens (tertiary/aromatic N) is 5. The molecule has 2 aromatic rings. The van der Waals surface area contributed by atoms with E-state index in [0.717, 1.165) is 31.0 Å². The normalized spacial score (nSPS) is 11.3. The fourth-order valence-electron chi connectivity index (χ4n) is 2.28. The summed E-state index contributed by atoms with van der Waals surface area (Å²) in [6, 6.07) is 1.95. The zero-order valence-electron chi connectivity index (χ0n) is 14.2. The van der Waals surface area contributed by atoms with Gasteiger partial charge in [0.15, 0.2) is 0 Å². The number of rotatable bonds is 8. The molecule has 0 unspecified atom stereocenters. The van der Waals surface area contributed by atoms with Crippen molar-refractivity contribution in [2.45, 2.75) is 32.9 Å². The second-order valence-electron chi connectivity index (χ2n) is 5.31. The summed E-state index contributed by atoms with van der Waals surface area (Å²) in [4.78, 5) is 22.9. The molecule has 1 N–H and O–H groups in total. The lowest BCUT2D eigenvalue weighted by Gasteiger charge is -2.17. The van der Waals surface area contributed by atoms with E-state index >= 15 is 0 Å². The molecule has 7 nitrogen and oxygen atoms in total. The van der Waals surface area contributed by atoms with Crippen LogP contribution in [-0.4, -0.2) is 62.3 Å². The lowest BCUT2D eigenvalue weighted by atomic mass is 10.4. The van der Waals surface area contributed by atoms with Gasteiger partial charge >= 0.3 is 0 Å². The van der Waals surface area contributed by atoms with Gasteiger partial charge in [-0.1, -0.05) is 25.6 Å². The van der Waals surface area contributed by atoms with E-state index in [9.17, 15) is 4.79 Å². The fraction of sp³-hybridized carbons (Fsp3) is 0.600. The van der Waals surface area contributed by atoms with Gasteiger partial charge in [0.05, 0.1) is 5.75 Å². The number of aromatic nitrogens is 4. The van der Waals surface area contributed by atoms with Gasteiger partial charge in [0, 0.05) is 24.5 Å². The molecule has 2 rings (SSSR count). The van der Waals surface area contributed by atoms with Crippen LogP contribution in [0, 0.1) is 13.8 Å². The van der Waals surface area contributed by atoms with Crippen LogP contribution in [-0.2, 0) is 4.79 Å². The van der Waals surface area contributed by atoms with E-state index in [2.05, 4.69) is 39.1 Å². The Morgan fingerprint density at radius 2 is 2.04 bits per heavy atom. The monoisotopic (exact) mass is 336 g/mol. The van der Waals surface area contributed by atoms with Crippen molar-refractivity contribution in [2.75, 3.05) is 31.9 Å². The minimum atomic E-state index is 0.00174. The second kappa shape index (κ2) is 8.26. The third-order valence-electron chi connectivity index (χ3n) is 3.58. The number of carbonyl (C=O) groups is 1. The Labute approximate surface area is 140 Å². The van der Waals surface area contributed by atoms with Crippen molar-refractivity contribution in [3.63, 3.8) is 0 Å². The van der Waals surface area contributed by atoms with Crippen LogP contribution in [0.2, 0.25) is 0 Å². The number of nitrogens with one attached hydrogen (secondary N) is 1. The van der Waals surface area contributed by atoms with E-state index in [0.29, 0.717) is 23.2 Å². The molecular weight excluding hydrogens is 312 g/mol. The maximum Gasteiger partial charge on any atom is 0.253 e. The molecule has 0 aliphatic rings. The third-order valence-corrected chi connectivity index (χ3v) is 4.41. The SMILES string of the molecule is CCN(CC)CCNC(=O)CSc1nc2nc(C)cc(C)n2n1. The number of hydrogen-bond acceptors (Lipinski definition) is 6. The molecule has 2 aromatic heterocycles. The Kier molecular flexibility index (Phi) is 6.35. The van der Waals surface area contributed by atoms with Crippen LogP contribution in [0.5, 0.6) is 0 Å². The van der Waals surface area contributed by atoms with Gasteiger partial charge in [-0.15, -0.1) is 5.10 Å². The second-order valence-corrected chi connectivity index (χ2v) is 6.25. The van der Waals surface area contributed by atoms with Gasteiger partial charge in [-0.3, -0.25) is 4.79 Å². The van der Waals surface area contributed by atoms with Crippen molar-refractivity contribution in [1.29, 1.82) is 0 Å². The zero-order valence-corrected chi connectivity index (χ0v) is 15.0. The maximum absolute atomic E-state index is 11.9. The molecule has 126 valence electrons. The highest BCUT2D eigenvalue weighted by Gasteiger charge is 2.10. The Morgan fingerprint density at radius 3 is 2.74 bits per heavy atom. The summed E-state index contributed by atoms with van der Waals surface area (Å²) in [5.74, 6) is 0.890.